The molecule has 0 heterocycles. The lowest BCUT2D eigenvalue weighted by atomic mass is 9.91. The maximum Gasteiger partial charge on any atom is 0.340 e. The molecule has 128 valence electrons. The molecule has 9 heteroatoms. The number of carbonyl (C=O) groups is 4. The SMILES string of the molecule is O=C(O)c1ccc(-c2cc(C(=O)O)c(O)c(C(=O)O)c2C(=O)O)cc1. The largest absolute Gasteiger partial charge is 0.506 e. The van der Waals surface area contributed by atoms with E-state index in [0.717, 1.165) is 18.2 Å². The van der Waals surface area contributed by atoms with Gasteiger partial charge in [0.1, 0.15) is 16.9 Å². The molecule has 9 nitrogen and oxygen atoms in total. The molecule has 25 heavy (non-hydrogen) atoms. The number of rotatable bonds is 5. The third-order valence-electron chi connectivity index (χ3n) is 3.40. The number of aromatic hydroxyl groups is 1. The van der Waals surface area contributed by atoms with Gasteiger partial charge in [0, 0.05) is 0 Å². The van der Waals surface area contributed by atoms with Crippen molar-refractivity contribution in [2.24, 2.45) is 0 Å². The Balaban J connectivity index is 2.87. The number of hydrogen-bond acceptors (Lipinski definition) is 5. The number of carboxylic acids is 4. The first-order chi connectivity index (χ1) is 11.6. The summed E-state index contributed by atoms with van der Waals surface area (Å²) >= 11 is 0. The summed E-state index contributed by atoms with van der Waals surface area (Å²) in [6.45, 7) is 0. The van der Waals surface area contributed by atoms with Gasteiger partial charge < -0.3 is 25.5 Å². The molecule has 2 rings (SSSR count). The second-order valence-corrected chi connectivity index (χ2v) is 4.87. The summed E-state index contributed by atoms with van der Waals surface area (Å²) in [5.41, 5.74) is -2.97. The maximum absolute atomic E-state index is 11.5. The highest BCUT2D eigenvalue weighted by Gasteiger charge is 2.29. The van der Waals surface area contributed by atoms with Crippen LogP contribution in [0, 0.1) is 0 Å². The number of phenols is 1. The van der Waals surface area contributed by atoms with Crippen LogP contribution in [0.25, 0.3) is 11.1 Å². The van der Waals surface area contributed by atoms with Gasteiger partial charge >= 0.3 is 23.9 Å². The summed E-state index contributed by atoms with van der Waals surface area (Å²) in [6, 6.07) is 5.54. The van der Waals surface area contributed by atoms with Crippen molar-refractivity contribution < 1.29 is 44.7 Å². The minimum atomic E-state index is -1.82. The van der Waals surface area contributed by atoms with Crippen molar-refractivity contribution in [1.29, 1.82) is 0 Å². The summed E-state index contributed by atoms with van der Waals surface area (Å²) in [4.78, 5) is 45.0. The van der Waals surface area contributed by atoms with Gasteiger partial charge in [0.25, 0.3) is 0 Å². The quantitative estimate of drug-likeness (QED) is 0.542. The molecule has 0 fully saturated rings. The minimum absolute atomic E-state index is 0.0763. The molecule has 0 unspecified atom stereocenters. The molecule has 2 aromatic carbocycles. The van der Waals surface area contributed by atoms with Gasteiger partial charge in [0.15, 0.2) is 0 Å². The van der Waals surface area contributed by atoms with Gasteiger partial charge in [-0.25, -0.2) is 19.2 Å². The van der Waals surface area contributed by atoms with E-state index >= 15 is 0 Å². The first-order valence-corrected chi connectivity index (χ1v) is 6.58. The summed E-state index contributed by atoms with van der Waals surface area (Å²) in [5.74, 6) is -7.57. The Morgan fingerprint density at radius 1 is 0.680 bits per heavy atom. The van der Waals surface area contributed by atoms with Crippen LogP contribution in [-0.2, 0) is 0 Å². The Labute approximate surface area is 139 Å². The molecule has 0 atom stereocenters. The fourth-order valence-corrected chi connectivity index (χ4v) is 2.29. The Morgan fingerprint density at radius 3 is 1.60 bits per heavy atom. The first kappa shape index (κ1) is 17.5. The van der Waals surface area contributed by atoms with E-state index in [0.29, 0.717) is 0 Å². The van der Waals surface area contributed by atoms with Gasteiger partial charge in [-0.3, -0.25) is 0 Å². The number of hydrogen-bond donors (Lipinski definition) is 5. The van der Waals surface area contributed by atoms with Gasteiger partial charge in [-0.05, 0) is 29.3 Å². The van der Waals surface area contributed by atoms with Crippen molar-refractivity contribution in [3.8, 4) is 16.9 Å². The standard InChI is InChI=1S/C16H10O9/c17-12-9(14(20)21)5-8(10(15(22)23)11(12)16(24)25)6-1-3-7(4-2-6)13(18)19/h1-5,17H,(H,18,19)(H,20,21)(H,22,23)(H,24,25). The topological polar surface area (TPSA) is 169 Å². The van der Waals surface area contributed by atoms with Crippen LogP contribution in [0.4, 0.5) is 0 Å². The average Bonchev–Trinajstić information content (AvgIpc) is 2.53. The lowest BCUT2D eigenvalue weighted by Gasteiger charge is -2.13. The van der Waals surface area contributed by atoms with Crippen molar-refractivity contribution in [1.82, 2.24) is 0 Å². The zero-order chi connectivity index (χ0) is 18.9. The highest BCUT2D eigenvalue weighted by molar-refractivity contribution is 6.11. The van der Waals surface area contributed by atoms with Gasteiger partial charge in [0.2, 0.25) is 0 Å². The van der Waals surface area contributed by atoms with Crippen LogP contribution in [-0.4, -0.2) is 49.4 Å². The lowest BCUT2D eigenvalue weighted by molar-refractivity contribution is 0.0645. The summed E-state index contributed by atoms with van der Waals surface area (Å²) < 4.78 is 0. The van der Waals surface area contributed by atoms with Crippen LogP contribution in [0.2, 0.25) is 0 Å². The van der Waals surface area contributed by atoms with Gasteiger partial charge in [0.05, 0.1) is 11.1 Å². The molecule has 0 bridgehead atoms. The smallest absolute Gasteiger partial charge is 0.340 e. The second-order valence-electron chi connectivity index (χ2n) is 4.87. The third kappa shape index (κ3) is 3.11. The molecule has 0 aliphatic carbocycles. The highest BCUT2D eigenvalue weighted by atomic mass is 16.4. The van der Waals surface area contributed by atoms with Crippen LogP contribution in [0.5, 0.6) is 5.75 Å². The third-order valence-corrected chi connectivity index (χ3v) is 3.40. The van der Waals surface area contributed by atoms with Gasteiger partial charge in [-0.1, -0.05) is 12.1 Å². The molecule has 0 amide bonds. The van der Waals surface area contributed by atoms with Crippen molar-refractivity contribution >= 4 is 23.9 Å². The molecule has 0 aliphatic heterocycles. The second kappa shape index (κ2) is 6.32. The number of benzene rings is 2. The van der Waals surface area contributed by atoms with Crippen molar-refractivity contribution in [3.05, 3.63) is 52.6 Å². The maximum atomic E-state index is 11.5. The number of carboxylic acid groups (broad SMARTS) is 4. The zero-order valence-corrected chi connectivity index (χ0v) is 12.3. The predicted molar refractivity (Wildman–Crippen MR) is 81.4 cm³/mol. The monoisotopic (exact) mass is 346 g/mol. The predicted octanol–water partition coefficient (Wildman–Crippen LogP) is 1.85. The van der Waals surface area contributed by atoms with E-state index in [2.05, 4.69) is 0 Å². The normalized spacial score (nSPS) is 10.2. The Bertz CT molecular complexity index is 910. The van der Waals surface area contributed by atoms with E-state index in [9.17, 15) is 34.5 Å². The molecule has 0 saturated heterocycles. The van der Waals surface area contributed by atoms with Crippen molar-refractivity contribution in [3.63, 3.8) is 0 Å². The fraction of sp³-hybridized carbons (Fsp3) is 0. The molecule has 5 N–H and O–H groups in total. The Morgan fingerprint density at radius 2 is 1.20 bits per heavy atom. The van der Waals surface area contributed by atoms with Crippen LogP contribution >= 0.6 is 0 Å². The molecular weight excluding hydrogens is 336 g/mol. The number of aromatic carboxylic acids is 4. The van der Waals surface area contributed by atoms with Crippen molar-refractivity contribution in [2.75, 3.05) is 0 Å². The molecule has 2 aromatic rings. The van der Waals surface area contributed by atoms with Crippen molar-refractivity contribution in [2.45, 2.75) is 0 Å². The Hall–Kier alpha value is -3.88. The molecule has 0 radical (unpaired) electrons. The summed E-state index contributed by atoms with van der Waals surface area (Å²) in [7, 11) is 0. The van der Waals surface area contributed by atoms with Gasteiger partial charge in [-0.15, -0.1) is 0 Å². The Kier molecular flexibility index (Phi) is 4.42. The molecule has 0 saturated carbocycles. The summed E-state index contributed by atoms with van der Waals surface area (Å²) in [6.07, 6.45) is 0. The van der Waals surface area contributed by atoms with E-state index in [-0.39, 0.29) is 16.7 Å². The van der Waals surface area contributed by atoms with Crippen LogP contribution in [0.3, 0.4) is 0 Å². The van der Waals surface area contributed by atoms with E-state index < -0.39 is 46.3 Å². The first-order valence-electron chi connectivity index (χ1n) is 6.58. The van der Waals surface area contributed by atoms with Gasteiger partial charge in [-0.2, -0.15) is 0 Å². The molecule has 0 aromatic heterocycles. The molecular formula is C16H10O9. The molecule has 0 aliphatic rings. The fourth-order valence-electron chi connectivity index (χ4n) is 2.29. The summed E-state index contributed by atoms with van der Waals surface area (Å²) in [5, 5.41) is 46.4. The highest BCUT2D eigenvalue weighted by Crippen LogP contribution is 2.35. The zero-order valence-electron chi connectivity index (χ0n) is 12.3. The van der Waals surface area contributed by atoms with E-state index in [1.807, 2.05) is 0 Å². The lowest BCUT2D eigenvalue weighted by Crippen LogP contribution is -2.13. The van der Waals surface area contributed by atoms with Crippen LogP contribution in [0.15, 0.2) is 30.3 Å². The van der Waals surface area contributed by atoms with E-state index in [4.69, 9.17) is 10.2 Å². The van der Waals surface area contributed by atoms with E-state index in [1.165, 1.54) is 12.1 Å². The van der Waals surface area contributed by atoms with Crippen LogP contribution < -0.4 is 0 Å². The minimum Gasteiger partial charge on any atom is -0.506 e. The molecule has 0 spiro atoms. The van der Waals surface area contributed by atoms with Crippen LogP contribution in [0.1, 0.15) is 41.4 Å². The van der Waals surface area contributed by atoms with E-state index in [1.54, 1.807) is 0 Å². The average molecular weight is 346 g/mol.